The molecule has 42 heavy (non-hydrogen) atoms. The first kappa shape index (κ1) is 28.0. The van der Waals surface area contributed by atoms with E-state index in [-0.39, 0.29) is 20.1 Å². The summed E-state index contributed by atoms with van der Waals surface area (Å²) in [5.74, 6) is 0. The summed E-state index contributed by atoms with van der Waals surface area (Å²) in [6.07, 6.45) is 8.55. The minimum Gasteiger partial charge on any atom is -0.508 e. The summed E-state index contributed by atoms with van der Waals surface area (Å²) < 4.78 is 2.42. The van der Waals surface area contributed by atoms with Gasteiger partial charge in [-0.15, -0.1) is 53.0 Å². The molecule has 7 aromatic rings. The first-order valence-electron chi connectivity index (χ1n) is 14.3. The summed E-state index contributed by atoms with van der Waals surface area (Å²) >= 11 is 0. The normalized spacial score (nSPS) is 12.8. The first-order chi connectivity index (χ1) is 20.2. The van der Waals surface area contributed by atoms with Crippen molar-refractivity contribution in [2.24, 2.45) is 0 Å². The van der Waals surface area contributed by atoms with Crippen molar-refractivity contribution in [3.63, 3.8) is 0 Å². The second-order valence-corrected chi connectivity index (χ2v) is 10.6. The van der Waals surface area contributed by atoms with Crippen LogP contribution in [-0.2, 0) is 20.1 Å². The minimum atomic E-state index is 0. The number of pyridine rings is 1. The number of rotatable bonds is 5. The van der Waals surface area contributed by atoms with Crippen LogP contribution in [0.5, 0.6) is 0 Å². The fourth-order valence-corrected chi connectivity index (χ4v) is 5.69. The summed E-state index contributed by atoms with van der Waals surface area (Å²) in [5, 5.41) is 5.21. The second-order valence-electron chi connectivity index (χ2n) is 10.6. The molecule has 0 radical (unpaired) electrons. The Labute approximate surface area is 260 Å². The predicted molar refractivity (Wildman–Crippen MR) is 171 cm³/mol. The minimum absolute atomic E-state index is 0. The molecule has 4 nitrogen and oxygen atoms in total. The summed E-state index contributed by atoms with van der Waals surface area (Å²) in [7, 11) is 0. The van der Waals surface area contributed by atoms with Crippen molar-refractivity contribution in [3.05, 3.63) is 134 Å². The molecule has 3 aromatic heterocycles. The maximum absolute atomic E-state index is 4.32. The number of aromatic nitrogens is 2. The molecule has 4 heterocycles. The molecule has 0 saturated heterocycles. The number of benzene rings is 4. The van der Waals surface area contributed by atoms with Gasteiger partial charge in [-0.1, -0.05) is 67.4 Å². The van der Waals surface area contributed by atoms with Gasteiger partial charge in [0.2, 0.25) is 0 Å². The van der Waals surface area contributed by atoms with Crippen molar-refractivity contribution in [3.8, 4) is 11.3 Å². The van der Waals surface area contributed by atoms with Gasteiger partial charge in [0.1, 0.15) is 0 Å². The number of unbranched alkanes of at least 4 members (excludes halogenated alkanes) is 1. The van der Waals surface area contributed by atoms with E-state index in [2.05, 4.69) is 118 Å². The van der Waals surface area contributed by atoms with Gasteiger partial charge in [0.05, 0.1) is 5.52 Å². The Morgan fingerprint density at radius 3 is 2.40 bits per heavy atom. The number of hydrogen-bond acceptors (Lipinski definition) is 3. The van der Waals surface area contributed by atoms with E-state index in [1.165, 1.54) is 56.5 Å². The van der Waals surface area contributed by atoms with Crippen molar-refractivity contribution in [1.82, 2.24) is 14.3 Å². The molecule has 0 N–H and O–H groups in total. The first-order valence-corrected chi connectivity index (χ1v) is 14.3. The average Bonchev–Trinajstić information content (AvgIpc) is 3.73. The molecule has 0 atom stereocenters. The molecular formula is C37H31IrN4. The Kier molecular flexibility index (Phi) is 7.97. The van der Waals surface area contributed by atoms with Gasteiger partial charge in [0, 0.05) is 22.5 Å². The van der Waals surface area contributed by atoms with E-state index in [9.17, 15) is 0 Å². The Morgan fingerprint density at radius 1 is 0.810 bits per heavy atom. The molecule has 0 aliphatic carbocycles. The van der Waals surface area contributed by atoms with Gasteiger partial charge in [-0.2, -0.15) is 18.8 Å². The number of hydrogen-bond donors (Lipinski definition) is 0. The van der Waals surface area contributed by atoms with E-state index in [1.54, 1.807) is 0 Å². The Bertz CT molecular complexity index is 1980. The largest absolute Gasteiger partial charge is 3.00 e. The van der Waals surface area contributed by atoms with Crippen molar-refractivity contribution in [1.29, 1.82) is 0 Å². The Balaban J connectivity index is 0.000000191. The molecular weight excluding hydrogens is 693 g/mol. The number of nitrogens with zero attached hydrogens (tertiary/aromatic N) is 4. The van der Waals surface area contributed by atoms with Crippen molar-refractivity contribution in [2.75, 3.05) is 11.4 Å². The maximum atomic E-state index is 4.32. The van der Waals surface area contributed by atoms with Crippen LogP contribution in [0, 0.1) is 25.7 Å². The predicted octanol–water partition coefficient (Wildman–Crippen LogP) is 9.00. The number of anilines is 1. The number of aryl methyl sites for hydroxylation is 1. The quantitative estimate of drug-likeness (QED) is 0.166. The van der Waals surface area contributed by atoms with Crippen LogP contribution in [0.4, 0.5) is 5.69 Å². The molecule has 4 aromatic carbocycles. The smallest absolute Gasteiger partial charge is 0.508 e. The molecule has 208 valence electrons. The van der Waals surface area contributed by atoms with Crippen molar-refractivity contribution >= 4 is 43.8 Å². The average molecular weight is 724 g/mol. The Hall–Kier alpha value is -4.18. The monoisotopic (exact) mass is 724 g/mol. The van der Waals surface area contributed by atoms with E-state index in [1.807, 2.05) is 43.5 Å². The van der Waals surface area contributed by atoms with Gasteiger partial charge < -0.3 is 19.2 Å². The zero-order valence-corrected chi connectivity index (χ0v) is 26.1. The molecule has 1 aliphatic rings. The molecule has 0 amide bonds. The van der Waals surface area contributed by atoms with Crippen LogP contribution >= 0.6 is 0 Å². The molecule has 0 unspecified atom stereocenters. The summed E-state index contributed by atoms with van der Waals surface area (Å²) in [5.41, 5.74) is 8.11. The summed E-state index contributed by atoms with van der Waals surface area (Å²) in [6, 6.07) is 38.3. The molecule has 0 saturated carbocycles. The third-order valence-corrected chi connectivity index (χ3v) is 7.78. The zero-order valence-electron chi connectivity index (χ0n) is 23.7. The SMILES string of the molecule is CCCCN1C=CN(c2[c-]cc3c4cccc5c6ccccc6n(c3c2)c54)[CH-]1.Cc1ccc(-c2[c-]cccc2)nc1.[Ir+3]. The Morgan fingerprint density at radius 2 is 1.62 bits per heavy atom. The van der Waals surface area contributed by atoms with Gasteiger partial charge in [-0.05, 0) is 55.0 Å². The van der Waals surface area contributed by atoms with Crippen LogP contribution in [0.25, 0.3) is 49.4 Å². The summed E-state index contributed by atoms with van der Waals surface area (Å²) in [4.78, 5) is 8.74. The van der Waals surface area contributed by atoms with Crippen LogP contribution in [0.3, 0.4) is 0 Å². The zero-order chi connectivity index (χ0) is 27.8. The van der Waals surface area contributed by atoms with Crippen LogP contribution in [0.1, 0.15) is 25.3 Å². The van der Waals surface area contributed by atoms with Crippen molar-refractivity contribution < 1.29 is 20.1 Å². The van der Waals surface area contributed by atoms with Gasteiger partial charge in [0.15, 0.2) is 0 Å². The van der Waals surface area contributed by atoms with Crippen molar-refractivity contribution in [2.45, 2.75) is 26.7 Å². The van der Waals surface area contributed by atoms with Gasteiger partial charge in [-0.3, -0.25) is 0 Å². The topological polar surface area (TPSA) is 23.8 Å². The van der Waals surface area contributed by atoms with Gasteiger partial charge >= 0.3 is 20.1 Å². The standard InChI is InChI=1S/C25H21N3.C12H10N.Ir/c1-2-3-13-26-14-15-27(17-26)18-11-12-20-22-9-6-8-21-19-7-4-5-10-23(19)28(25(21)22)24(20)16-18;1-10-7-8-12(13-9-10)11-5-3-2-4-6-11;/h4-10,12,14-17H,2-3,13H2,1H3;2-5,7-9H,1H3;/q-2;-1;+3. The number of para-hydroxylation sites is 2. The van der Waals surface area contributed by atoms with Gasteiger partial charge in [-0.25, -0.2) is 0 Å². The van der Waals surface area contributed by atoms with E-state index in [0.29, 0.717) is 0 Å². The van der Waals surface area contributed by atoms with Crippen LogP contribution in [-0.4, -0.2) is 20.8 Å². The van der Waals surface area contributed by atoms with E-state index >= 15 is 0 Å². The molecule has 0 fully saturated rings. The molecule has 8 rings (SSSR count). The molecule has 5 heteroatoms. The van der Waals surface area contributed by atoms with E-state index in [4.69, 9.17) is 0 Å². The fraction of sp³-hybridized carbons (Fsp3) is 0.135. The molecule has 0 bridgehead atoms. The molecule has 1 aliphatic heterocycles. The summed E-state index contributed by atoms with van der Waals surface area (Å²) in [6.45, 7) is 7.49. The third kappa shape index (κ3) is 5.04. The van der Waals surface area contributed by atoms with Gasteiger partial charge in [0.25, 0.3) is 0 Å². The molecule has 0 spiro atoms. The van der Waals surface area contributed by atoms with Crippen LogP contribution < -0.4 is 4.90 Å². The van der Waals surface area contributed by atoms with E-state index < -0.39 is 0 Å². The van der Waals surface area contributed by atoms with Crippen LogP contribution in [0.2, 0.25) is 0 Å². The number of fused-ring (bicyclic) bond motifs is 6. The third-order valence-electron chi connectivity index (χ3n) is 7.78. The second kappa shape index (κ2) is 12.0. The fourth-order valence-electron chi connectivity index (χ4n) is 5.69. The van der Waals surface area contributed by atoms with E-state index in [0.717, 1.165) is 23.5 Å². The maximum Gasteiger partial charge on any atom is 3.00 e. The van der Waals surface area contributed by atoms with Crippen LogP contribution in [0.15, 0.2) is 110 Å².